The Bertz CT molecular complexity index is 151. The molecule has 0 saturated carbocycles. The van der Waals surface area contributed by atoms with Crippen molar-refractivity contribution in [2.45, 2.75) is 13.8 Å². The van der Waals surface area contributed by atoms with Crippen LogP contribution >= 0.6 is 0 Å². The summed E-state index contributed by atoms with van der Waals surface area (Å²) in [5.74, 6) is 0.491. The lowest BCUT2D eigenvalue weighted by molar-refractivity contribution is -0.124. The van der Waals surface area contributed by atoms with Gasteiger partial charge in [0.25, 0.3) is 0 Å². The highest BCUT2D eigenvalue weighted by atomic mass is 16.5. The van der Waals surface area contributed by atoms with E-state index in [-0.39, 0.29) is 5.92 Å². The van der Waals surface area contributed by atoms with Gasteiger partial charge in [-0.25, -0.2) is 0 Å². The highest BCUT2D eigenvalue weighted by Crippen LogP contribution is 2.00. The van der Waals surface area contributed by atoms with Crippen molar-refractivity contribution in [3.05, 3.63) is 0 Å². The minimum absolute atomic E-state index is 0.160. The molecule has 0 aromatic rings. The van der Waals surface area contributed by atoms with E-state index >= 15 is 0 Å². The minimum Gasteiger partial charge on any atom is -0.379 e. The van der Waals surface area contributed by atoms with E-state index in [9.17, 15) is 4.79 Å². The Morgan fingerprint density at radius 1 is 1.42 bits per heavy atom. The number of Topliss-reactive ketones (excluding diaryl/α,β-unsaturated/α-hetero) is 1. The van der Waals surface area contributed by atoms with Gasteiger partial charge >= 0.3 is 0 Å². The molecule has 1 aliphatic heterocycles. The molecule has 0 aliphatic carbocycles. The van der Waals surface area contributed by atoms with Crippen LogP contribution in [0, 0.1) is 5.92 Å². The molecule has 1 saturated heterocycles. The second kappa shape index (κ2) is 4.58. The van der Waals surface area contributed by atoms with E-state index in [0.29, 0.717) is 12.3 Å². The molecule has 1 fully saturated rings. The summed E-state index contributed by atoms with van der Waals surface area (Å²) in [6.45, 7) is 7.83. The number of hydrogen-bond donors (Lipinski definition) is 0. The van der Waals surface area contributed by atoms with E-state index in [1.807, 2.05) is 13.8 Å². The summed E-state index contributed by atoms with van der Waals surface area (Å²) in [7, 11) is 0. The summed E-state index contributed by atoms with van der Waals surface area (Å²) in [5.41, 5.74) is 0. The normalized spacial score (nSPS) is 19.9. The van der Waals surface area contributed by atoms with Gasteiger partial charge in [-0.1, -0.05) is 13.8 Å². The van der Waals surface area contributed by atoms with Gasteiger partial charge in [0, 0.05) is 19.0 Å². The van der Waals surface area contributed by atoms with E-state index in [1.54, 1.807) is 0 Å². The van der Waals surface area contributed by atoms with Crippen LogP contribution in [0.25, 0.3) is 0 Å². The average molecular weight is 171 g/mol. The van der Waals surface area contributed by atoms with Crippen LogP contribution in [0.2, 0.25) is 0 Å². The second-order valence-corrected chi connectivity index (χ2v) is 3.51. The molecule has 1 heterocycles. The molecule has 0 N–H and O–H groups in total. The summed E-state index contributed by atoms with van der Waals surface area (Å²) in [6.07, 6.45) is 0. The standard InChI is InChI=1S/C9H17NO2/c1-8(2)9(11)7-10-3-5-12-6-4-10/h8H,3-7H2,1-2H3. The van der Waals surface area contributed by atoms with E-state index in [4.69, 9.17) is 4.74 Å². The van der Waals surface area contributed by atoms with Gasteiger partial charge in [0.1, 0.15) is 5.78 Å². The Kier molecular flexibility index (Phi) is 3.69. The number of ketones is 1. The number of rotatable bonds is 3. The van der Waals surface area contributed by atoms with Gasteiger partial charge in [-0.05, 0) is 0 Å². The van der Waals surface area contributed by atoms with Crippen molar-refractivity contribution in [2.24, 2.45) is 5.92 Å². The van der Waals surface area contributed by atoms with Crippen molar-refractivity contribution in [1.82, 2.24) is 4.90 Å². The van der Waals surface area contributed by atoms with Gasteiger partial charge in [-0.3, -0.25) is 9.69 Å². The lowest BCUT2D eigenvalue weighted by Gasteiger charge is -2.26. The third-order valence-corrected chi connectivity index (χ3v) is 2.13. The molecule has 1 rings (SSSR count). The molecule has 0 atom stereocenters. The Morgan fingerprint density at radius 2 is 2.00 bits per heavy atom. The van der Waals surface area contributed by atoms with Gasteiger partial charge < -0.3 is 4.74 Å². The number of carbonyl (C=O) groups excluding carboxylic acids is 1. The number of nitrogens with zero attached hydrogens (tertiary/aromatic N) is 1. The van der Waals surface area contributed by atoms with E-state index < -0.39 is 0 Å². The molecule has 0 unspecified atom stereocenters. The molecule has 0 amide bonds. The molecule has 0 aromatic carbocycles. The van der Waals surface area contributed by atoms with Crippen molar-refractivity contribution in [3.63, 3.8) is 0 Å². The zero-order valence-corrected chi connectivity index (χ0v) is 7.88. The van der Waals surface area contributed by atoms with Crippen molar-refractivity contribution in [2.75, 3.05) is 32.8 Å². The highest BCUT2D eigenvalue weighted by Gasteiger charge is 2.15. The zero-order chi connectivity index (χ0) is 8.97. The molecule has 70 valence electrons. The first-order valence-electron chi connectivity index (χ1n) is 4.53. The maximum absolute atomic E-state index is 11.3. The van der Waals surface area contributed by atoms with Crippen molar-refractivity contribution in [3.8, 4) is 0 Å². The molecule has 0 spiro atoms. The van der Waals surface area contributed by atoms with Crippen LogP contribution in [0.15, 0.2) is 0 Å². The molecular formula is C9H17NO2. The summed E-state index contributed by atoms with van der Waals surface area (Å²) in [6, 6.07) is 0. The molecule has 3 nitrogen and oxygen atoms in total. The fraction of sp³-hybridized carbons (Fsp3) is 0.889. The summed E-state index contributed by atoms with van der Waals surface area (Å²) in [4.78, 5) is 13.5. The minimum atomic E-state index is 0.160. The molecule has 12 heavy (non-hydrogen) atoms. The molecule has 3 heteroatoms. The van der Waals surface area contributed by atoms with Crippen molar-refractivity contribution in [1.29, 1.82) is 0 Å². The summed E-state index contributed by atoms with van der Waals surface area (Å²) in [5, 5.41) is 0. The molecular weight excluding hydrogens is 154 g/mol. The zero-order valence-electron chi connectivity index (χ0n) is 7.88. The Hall–Kier alpha value is -0.410. The van der Waals surface area contributed by atoms with Crippen LogP contribution in [0.1, 0.15) is 13.8 Å². The van der Waals surface area contributed by atoms with Crippen LogP contribution in [-0.2, 0) is 9.53 Å². The Labute approximate surface area is 73.7 Å². The lowest BCUT2D eigenvalue weighted by atomic mass is 10.1. The SMILES string of the molecule is CC(C)C(=O)CN1CCOCC1. The number of hydrogen-bond acceptors (Lipinski definition) is 3. The summed E-state index contributed by atoms with van der Waals surface area (Å²) < 4.78 is 5.19. The summed E-state index contributed by atoms with van der Waals surface area (Å²) >= 11 is 0. The number of morpholine rings is 1. The number of ether oxygens (including phenoxy) is 1. The first-order valence-corrected chi connectivity index (χ1v) is 4.53. The highest BCUT2D eigenvalue weighted by molar-refractivity contribution is 5.82. The van der Waals surface area contributed by atoms with Crippen LogP contribution < -0.4 is 0 Å². The molecule has 1 aliphatic rings. The van der Waals surface area contributed by atoms with Gasteiger partial charge in [0.15, 0.2) is 0 Å². The third kappa shape index (κ3) is 2.91. The predicted octanol–water partition coefficient (Wildman–Crippen LogP) is 0.544. The third-order valence-electron chi connectivity index (χ3n) is 2.13. The van der Waals surface area contributed by atoms with Gasteiger partial charge in [0.2, 0.25) is 0 Å². The predicted molar refractivity (Wildman–Crippen MR) is 47.1 cm³/mol. The monoisotopic (exact) mass is 171 g/mol. The molecule has 0 radical (unpaired) electrons. The van der Waals surface area contributed by atoms with Crippen LogP contribution in [-0.4, -0.2) is 43.5 Å². The molecule has 0 bridgehead atoms. The quantitative estimate of drug-likeness (QED) is 0.621. The largest absolute Gasteiger partial charge is 0.379 e. The number of carbonyl (C=O) groups is 1. The maximum Gasteiger partial charge on any atom is 0.149 e. The van der Waals surface area contributed by atoms with Crippen LogP contribution in [0.4, 0.5) is 0 Å². The maximum atomic E-state index is 11.3. The van der Waals surface area contributed by atoms with E-state index in [1.165, 1.54) is 0 Å². The van der Waals surface area contributed by atoms with Gasteiger partial charge in [0.05, 0.1) is 19.8 Å². The average Bonchev–Trinajstić information content (AvgIpc) is 2.06. The van der Waals surface area contributed by atoms with E-state index in [0.717, 1.165) is 26.3 Å². The Morgan fingerprint density at radius 3 is 2.50 bits per heavy atom. The van der Waals surface area contributed by atoms with Crippen molar-refractivity contribution >= 4 is 5.78 Å². The first-order chi connectivity index (χ1) is 5.70. The lowest BCUT2D eigenvalue weighted by Crippen LogP contribution is -2.40. The van der Waals surface area contributed by atoms with Gasteiger partial charge in [-0.2, -0.15) is 0 Å². The fourth-order valence-electron chi connectivity index (χ4n) is 1.16. The topological polar surface area (TPSA) is 29.5 Å². The van der Waals surface area contributed by atoms with Crippen LogP contribution in [0.5, 0.6) is 0 Å². The van der Waals surface area contributed by atoms with Crippen LogP contribution in [0.3, 0.4) is 0 Å². The van der Waals surface area contributed by atoms with E-state index in [2.05, 4.69) is 4.90 Å². The Balaban J connectivity index is 2.24. The fourth-order valence-corrected chi connectivity index (χ4v) is 1.16. The molecule has 0 aromatic heterocycles. The first kappa shape index (κ1) is 9.68. The smallest absolute Gasteiger partial charge is 0.149 e. The second-order valence-electron chi connectivity index (χ2n) is 3.51. The van der Waals surface area contributed by atoms with Crippen molar-refractivity contribution < 1.29 is 9.53 Å². The van der Waals surface area contributed by atoms with Gasteiger partial charge in [-0.15, -0.1) is 0 Å².